The average Bonchev–Trinajstić information content (AvgIpc) is 2.67. The van der Waals surface area contributed by atoms with E-state index in [1.54, 1.807) is 19.1 Å². The molecule has 0 radical (unpaired) electrons. The van der Waals surface area contributed by atoms with Crippen LogP contribution in [0.2, 0.25) is 0 Å². The highest BCUT2D eigenvalue weighted by Gasteiger charge is 2.22. The summed E-state index contributed by atoms with van der Waals surface area (Å²) in [7, 11) is 1.46. The quantitative estimate of drug-likeness (QED) is 0.488. The lowest BCUT2D eigenvalue weighted by Gasteiger charge is -2.18. The predicted octanol–water partition coefficient (Wildman–Crippen LogP) is 2.86. The Bertz CT molecular complexity index is 1160. The summed E-state index contributed by atoms with van der Waals surface area (Å²) in [5.41, 5.74) is -0.170. The second kappa shape index (κ2) is 8.01. The van der Waals surface area contributed by atoms with E-state index in [0.29, 0.717) is 11.3 Å². The first-order chi connectivity index (χ1) is 13.8. The summed E-state index contributed by atoms with van der Waals surface area (Å²) in [6, 6.07) is 12.9. The Hall–Kier alpha value is -3.88. The molecule has 0 unspecified atom stereocenters. The number of carbonyl (C=O) groups excluding carboxylic acids is 1. The van der Waals surface area contributed by atoms with Crippen LogP contribution in [0.25, 0.3) is 5.69 Å². The lowest BCUT2D eigenvalue weighted by Crippen LogP contribution is -2.33. The summed E-state index contributed by atoms with van der Waals surface area (Å²) in [4.78, 5) is 37.2. The molecule has 2 aromatic carbocycles. The molecule has 3 aromatic rings. The van der Waals surface area contributed by atoms with Gasteiger partial charge in [-0.05, 0) is 30.7 Å². The average molecular weight is 396 g/mol. The predicted molar refractivity (Wildman–Crippen MR) is 103 cm³/mol. The molecular formula is C20H17FN4O4. The summed E-state index contributed by atoms with van der Waals surface area (Å²) in [6.45, 7) is 1.63. The van der Waals surface area contributed by atoms with Gasteiger partial charge in [0.25, 0.3) is 11.6 Å². The molecule has 1 amide bonds. The van der Waals surface area contributed by atoms with Gasteiger partial charge in [0.2, 0.25) is 5.43 Å². The summed E-state index contributed by atoms with van der Waals surface area (Å²) < 4.78 is 14.6. The number of hydrogen-bond donors (Lipinski definition) is 0. The molecule has 0 fully saturated rings. The van der Waals surface area contributed by atoms with E-state index in [1.165, 1.54) is 59.1 Å². The summed E-state index contributed by atoms with van der Waals surface area (Å²) >= 11 is 0. The molecule has 0 saturated carbocycles. The number of halogens is 1. The monoisotopic (exact) mass is 396 g/mol. The van der Waals surface area contributed by atoms with Gasteiger partial charge in [-0.15, -0.1) is 0 Å². The van der Waals surface area contributed by atoms with Crippen molar-refractivity contribution in [3.63, 3.8) is 0 Å². The van der Waals surface area contributed by atoms with Gasteiger partial charge in [-0.3, -0.25) is 19.7 Å². The van der Waals surface area contributed by atoms with Crippen LogP contribution in [0.5, 0.6) is 0 Å². The van der Waals surface area contributed by atoms with Crippen molar-refractivity contribution in [2.75, 3.05) is 7.05 Å². The second-order valence-corrected chi connectivity index (χ2v) is 6.45. The van der Waals surface area contributed by atoms with Crippen molar-refractivity contribution in [2.24, 2.45) is 0 Å². The summed E-state index contributed by atoms with van der Waals surface area (Å²) in [5, 5.41) is 15.4. The fourth-order valence-corrected chi connectivity index (χ4v) is 2.90. The van der Waals surface area contributed by atoms with Gasteiger partial charge in [-0.1, -0.05) is 24.3 Å². The molecule has 0 aliphatic carbocycles. The third-order valence-corrected chi connectivity index (χ3v) is 4.27. The number of nitrogens with zero attached hydrogens (tertiary/aromatic N) is 4. The van der Waals surface area contributed by atoms with Crippen LogP contribution in [0.1, 0.15) is 21.7 Å². The molecule has 0 atom stereocenters. The standard InChI is InChI=1S/C20H17FN4O4/c1-13-10-18(26)19(20(27)23(2)12-14-6-5-7-15(21)11-14)22-24(13)16-8-3-4-9-17(16)25(28)29/h3-11H,12H2,1-2H3. The fourth-order valence-electron chi connectivity index (χ4n) is 2.90. The Balaban J connectivity index is 2.00. The van der Waals surface area contributed by atoms with Gasteiger partial charge in [0.15, 0.2) is 5.69 Å². The van der Waals surface area contributed by atoms with Crippen molar-refractivity contribution in [2.45, 2.75) is 13.5 Å². The Morgan fingerprint density at radius 1 is 1.21 bits per heavy atom. The number of hydrogen-bond acceptors (Lipinski definition) is 5. The zero-order chi connectivity index (χ0) is 21.1. The smallest absolute Gasteiger partial charge is 0.294 e. The molecule has 1 aromatic heterocycles. The molecule has 0 saturated heterocycles. The largest absolute Gasteiger partial charge is 0.336 e. The minimum atomic E-state index is -0.674. The first kappa shape index (κ1) is 19.9. The number of nitro benzene ring substituents is 1. The molecule has 1 heterocycles. The molecule has 0 aliphatic heterocycles. The lowest BCUT2D eigenvalue weighted by molar-refractivity contribution is -0.384. The Labute approximate surface area is 165 Å². The maximum atomic E-state index is 13.4. The van der Waals surface area contributed by atoms with E-state index in [0.717, 1.165) is 0 Å². The Morgan fingerprint density at radius 2 is 1.93 bits per heavy atom. The molecule has 3 rings (SSSR count). The Morgan fingerprint density at radius 3 is 2.62 bits per heavy atom. The van der Waals surface area contributed by atoms with E-state index in [1.807, 2.05) is 0 Å². The molecular weight excluding hydrogens is 379 g/mol. The van der Waals surface area contributed by atoms with E-state index < -0.39 is 22.1 Å². The summed E-state index contributed by atoms with van der Waals surface area (Å²) in [6.07, 6.45) is 0. The molecule has 0 spiro atoms. The van der Waals surface area contributed by atoms with Crippen molar-refractivity contribution in [3.8, 4) is 5.69 Å². The molecule has 0 N–H and O–H groups in total. The number of benzene rings is 2. The lowest BCUT2D eigenvalue weighted by atomic mass is 10.2. The van der Waals surface area contributed by atoms with Crippen molar-refractivity contribution in [1.29, 1.82) is 0 Å². The third kappa shape index (κ3) is 4.18. The number of carbonyl (C=O) groups is 1. The highest BCUT2D eigenvalue weighted by atomic mass is 19.1. The van der Waals surface area contributed by atoms with Gasteiger partial charge in [0, 0.05) is 31.4 Å². The van der Waals surface area contributed by atoms with Gasteiger partial charge in [0.1, 0.15) is 11.5 Å². The van der Waals surface area contributed by atoms with E-state index in [4.69, 9.17) is 0 Å². The van der Waals surface area contributed by atoms with E-state index in [9.17, 15) is 24.1 Å². The van der Waals surface area contributed by atoms with Crippen molar-refractivity contribution < 1.29 is 14.1 Å². The van der Waals surface area contributed by atoms with E-state index in [2.05, 4.69) is 5.10 Å². The van der Waals surface area contributed by atoms with Gasteiger partial charge in [-0.2, -0.15) is 5.10 Å². The molecule has 29 heavy (non-hydrogen) atoms. The highest BCUT2D eigenvalue weighted by Crippen LogP contribution is 2.22. The van der Waals surface area contributed by atoms with Crippen LogP contribution in [-0.4, -0.2) is 32.6 Å². The number of amides is 1. The van der Waals surface area contributed by atoms with Gasteiger partial charge in [-0.25, -0.2) is 9.07 Å². The molecule has 0 aliphatic rings. The van der Waals surface area contributed by atoms with Crippen molar-refractivity contribution >= 4 is 11.6 Å². The minimum Gasteiger partial charge on any atom is -0.336 e. The van der Waals surface area contributed by atoms with Crippen LogP contribution in [0, 0.1) is 22.9 Å². The Kier molecular flexibility index (Phi) is 5.49. The van der Waals surface area contributed by atoms with Crippen molar-refractivity contribution in [3.05, 3.63) is 97.7 Å². The zero-order valence-corrected chi connectivity index (χ0v) is 15.7. The molecule has 0 bridgehead atoms. The highest BCUT2D eigenvalue weighted by molar-refractivity contribution is 5.91. The number of aryl methyl sites for hydroxylation is 1. The molecule has 9 heteroatoms. The first-order valence-corrected chi connectivity index (χ1v) is 8.62. The second-order valence-electron chi connectivity index (χ2n) is 6.45. The zero-order valence-electron chi connectivity index (χ0n) is 15.7. The number of para-hydroxylation sites is 2. The topological polar surface area (TPSA) is 98.3 Å². The van der Waals surface area contributed by atoms with Crippen LogP contribution in [0.15, 0.2) is 59.4 Å². The summed E-state index contributed by atoms with van der Waals surface area (Å²) in [5.74, 6) is -1.11. The molecule has 148 valence electrons. The van der Waals surface area contributed by atoms with Crippen molar-refractivity contribution in [1.82, 2.24) is 14.7 Å². The third-order valence-electron chi connectivity index (χ3n) is 4.27. The molecule has 8 nitrogen and oxygen atoms in total. The first-order valence-electron chi connectivity index (χ1n) is 8.62. The van der Waals surface area contributed by atoms with Crippen LogP contribution < -0.4 is 5.43 Å². The van der Waals surface area contributed by atoms with Gasteiger partial charge < -0.3 is 4.90 Å². The number of rotatable bonds is 5. The number of aromatic nitrogens is 2. The number of nitro groups is 1. The van der Waals surface area contributed by atoms with E-state index >= 15 is 0 Å². The van der Waals surface area contributed by atoms with E-state index in [-0.39, 0.29) is 23.6 Å². The van der Waals surface area contributed by atoms with Crippen LogP contribution in [-0.2, 0) is 6.54 Å². The SMILES string of the molecule is Cc1cc(=O)c(C(=O)N(C)Cc2cccc(F)c2)nn1-c1ccccc1[N+](=O)[O-]. The van der Waals surface area contributed by atoms with Gasteiger partial charge >= 0.3 is 0 Å². The fraction of sp³-hybridized carbons (Fsp3) is 0.150. The van der Waals surface area contributed by atoms with Crippen LogP contribution >= 0.6 is 0 Å². The van der Waals surface area contributed by atoms with Crippen LogP contribution in [0.3, 0.4) is 0 Å². The minimum absolute atomic E-state index is 0.0665. The van der Waals surface area contributed by atoms with Crippen LogP contribution in [0.4, 0.5) is 10.1 Å². The maximum absolute atomic E-state index is 13.4. The maximum Gasteiger partial charge on any atom is 0.294 e. The van der Waals surface area contributed by atoms with Gasteiger partial charge in [0.05, 0.1) is 4.92 Å². The normalized spacial score (nSPS) is 10.6.